The van der Waals surface area contributed by atoms with Gasteiger partial charge in [0.15, 0.2) is 0 Å². The van der Waals surface area contributed by atoms with Crippen LogP contribution in [0, 0.1) is 49.1 Å². The van der Waals surface area contributed by atoms with Crippen LogP contribution in [0.4, 0.5) is 17.1 Å². The van der Waals surface area contributed by atoms with Crippen LogP contribution in [0.2, 0.25) is 0 Å². The molecule has 2 heterocycles. The van der Waals surface area contributed by atoms with Crippen LogP contribution in [-0.2, 0) is 13.1 Å². The number of nitro benzene ring substituents is 1. The molecule has 2 aromatic heterocycles. The van der Waals surface area contributed by atoms with Gasteiger partial charge in [-0.3, -0.25) is 19.7 Å². The number of nitrogens with one attached hydrogen (secondary N) is 4. The van der Waals surface area contributed by atoms with Crippen molar-refractivity contribution in [3.05, 3.63) is 94.3 Å². The molecule has 0 fully saturated rings. The Balaban J connectivity index is 1.96. The molecular formula is C23H24N6O4. The summed E-state index contributed by atoms with van der Waals surface area (Å²) in [6, 6.07) is 8.38. The Bertz CT molecular complexity index is 1400. The van der Waals surface area contributed by atoms with Crippen LogP contribution in [0.3, 0.4) is 0 Å². The zero-order chi connectivity index (χ0) is 24.3. The van der Waals surface area contributed by atoms with E-state index in [0.717, 1.165) is 16.8 Å². The summed E-state index contributed by atoms with van der Waals surface area (Å²) < 4.78 is 0. The molecule has 170 valence electrons. The molecule has 0 amide bonds. The molecule has 4 N–H and O–H groups in total. The Hall–Kier alpha value is -4.39. The first kappa shape index (κ1) is 23.3. The second kappa shape index (κ2) is 9.40. The van der Waals surface area contributed by atoms with E-state index < -0.39 is 4.92 Å². The van der Waals surface area contributed by atoms with Crippen LogP contribution >= 0.6 is 0 Å². The van der Waals surface area contributed by atoms with Crippen molar-refractivity contribution in [3.63, 3.8) is 0 Å². The lowest BCUT2D eigenvalue weighted by molar-refractivity contribution is -0.384. The summed E-state index contributed by atoms with van der Waals surface area (Å²) in [7, 11) is 0. The van der Waals surface area contributed by atoms with E-state index in [4.69, 9.17) is 0 Å². The lowest BCUT2D eigenvalue weighted by atomic mass is 10.1. The molecule has 10 heteroatoms. The predicted octanol–water partition coefficient (Wildman–Crippen LogP) is 3.30. The largest absolute Gasteiger partial charge is 0.381 e. The first-order valence-corrected chi connectivity index (χ1v) is 10.2. The molecule has 0 saturated heterocycles. The van der Waals surface area contributed by atoms with Crippen LogP contribution in [0.25, 0.3) is 0 Å². The van der Waals surface area contributed by atoms with Crippen molar-refractivity contribution in [3.8, 4) is 6.07 Å². The van der Waals surface area contributed by atoms with Gasteiger partial charge >= 0.3 is 5.69 Å². The van der Waals surface area contributed by atoms with E-state index in [0.29, 0.717) is 22.5 Å². The monoisotopic (exact) mass is 448 g/mol. The Morgan fingerprint density at radius 1 is 0.909 bits per heavy atom. The van der Waals surface area contributed by atoms with Crippen molar-refractivity contribution in [1.82, 2.24) is 9.97 Å². The topological polar surface area (TPSA) is 157 Å². The lowest BCUT2D eigenvalue weighted by Gasteiger charge is -2.14. The average Bonchev–Trinajstić information content (AvgIpc) is 2.71. The smallest absolute Gasteiger partial charge is 0.310 e. The number of hydrogen-bond donors (Lipinski definition) is 4. The summed E-state index contributed by atoms with van der Waals surface area (Å²) >= 11 is 0. The molecule has 0 unspecified atom stereocenters. The first-order valence-electron chi connectivity index (χ1n) is 10.2. The fraction of sp³-hybridized carbons (Fsp3) is 0.261. The number of aromatic amines is 2. The van der Waals surface area contributed by atoms with Crippen molar-refractivity contribution in [2.45, 2.75) is 40.8 Å². The van der Waals surface area contributed by atoms with E-state index in [9.17, 15) is 25.0 Å². The van der Waals surface area contributed by atoms with E-state index in [1.165, 1.54) is 12.1 Å². The van der Waals surface area contributed by atoms with Crippen LogP contribution in [0.15, 0.2) is 33.9 Å². The van der Waals surface area contributed by atoms with Crippen molar-refractivity contribution >= 4 is 17.1 Å². The summed E-state index contributed by atoms with van der Waals surface area (Å²) in [6.45, 7) is 7.37. The Labute approximate surface area is 189 Å². The highest BCUT2D eigenvalue weighted by Crippen LogP contribution is 2.33. The van der Waals surface area contributed by atoms with E-state index in [-0.39, 0.29) is 41.1 Å². The van der Waals surface area contributed by atoms with Crippen molar-refractivity contribution in [1.29, 1.82) is 5.26 Å². The number of anilines is 2. The van der Waals surface area contributed by atoms with Gasteiger partial charge in [0, 0.05) is 41.3 Å². The fourth-order valence-corrected chi connectivity index (χ4v) is 3.73. The molecule has 0 aliphatic heterocycles. The molecule has 10 nitrogen and oxygen atoms in total. The highest BCUT2D eigenvalue weighted by Gasteiger charge is 2.22. The number of rotatable bonds is 7. The summed E-state index contributed by atoms with van der Waals surface area (Å²) in [5, 5.41) is 27.2. The van der Waals surface area contributed by atoms with Gasteiger partial charge in [0.05, 0.1) is 4.92 Å². The molecule has 33 heavy (non-hydrogen) atoms. The minimum absolute atomic E-state index is 0.0351. The van der Waals surface area contributed by atoms with Crippen LogP contribution in [-0.4, -0.2) is 14.9 Å². The maximum Gasteiger partial charge on any atom is 0.310 e. The van der Waals surface area contributed by atoms with Crippen LogP contribution < -0.4 is 21.8 Å². The molecule has 3 aromatic rings. The quantitative estimate of drug-likeness (QED) is 0.319. The zero-order valence-electron chi connectivity index (χ0n) is 18.8. The molecule has 0 spiro atoms. The third kappa shape index (κ3) is 5.10. The molecule has 0 bridgehead atoms. The first-order chi connectivity index (χ1) is 15.6. The van der Waals surface area contributed by atoms with E-state index >= 15 is 0 Å². The van der Waals surface area contributed by atoms with Crippen molar-refractivity contribution in [2.75, 3.05) is 10.6 Å². The molecular weight excluding hydrogens is 424 g/mol. The van der Waals surface area contributed by atoms with Gasteiger partial charge < -0.3 is 20.6 Å². The second-order valence-corrected chi connectivity index (χ2v) is 7.88. The highest BCUT2D eigenvalue weighted by atomic mass is 16.6. The van der Waals surface area contributed by atoms with Gasteiger partial charge in [-0.15, -0.1) is 0 Å². The molecule has 0 aliphatic carbocycles. The van der Waals surface area contributed by atoms with Gasteiger partial charge in [-0.1, -0.05) is 0 Å². The fourth-order valence-electron chi connectivity index (χ4n) is 3.73. The van der Waals surface area contributed by atoms with Gasteiger partial charge in [-0.05, 0) is 63.1 Å². The zero-order valence-corrected chi connectivity index (χ0v) is 18.8. The standard InChI is InChI=1S/C23H24N6O4/c1-12-5-14(3)27-22(30)18(12)10-25-17-7-16(9-24)21(29(32)33)20(8-17)26-11-19-13(2)6-15(4)28-23(19)31/h5-8,25-26H,10-11H2,1-4H3,(H,27,30)(H,28,31). The predicted molar refractivity (Wildman–Crippen MR) is 126 cm³/mol. The van der Waals surface area contributed by atoms with E-state index in [2.05, 4.69) is 20.6 Å². The maximum atomic E-state index is 12.3. The molecule has 3 rings (SSSR count). The highest BCUT2D eigenvalue weighted by molar-refractivity contribution is 5.75. The summed E-state index contributed by atoms with van der Waals surface area (Å²) in [6.07, 6.45) is 0. The number of aromatic nitrogens is 2. The number of H-pyrrole nitrogens is 2. The van der Waals surface area contributed by atoms with Crippen LogP contribution in [0.5, 0.6) is 0 Å². The van der Waals surface area contributed by atoms with Gasteiger partial charge in [-0.2, -0.15) is 5.26 Å². The van der Waals surface area contributed by atoms with Crippen LogP contribution in [0.1, 0.15) is 39.2 Å². The SMILES string of the molecule is Cc1cc(C)c(CNc2cc(C#N)c([N+](=O)[O-])c(NCc3c(C)cc(C)[nH]c3=O)c2)c(=O)[nH]1. The van der Waals surface area contributed by atoms with Crippen molar-refractivity contribution < 1.29 is 4.92 Å². The van der Waals surface area contributed by atoms with E-state index in [1.54, 1.807) is 20.8 Å². The summed E-state index contributed by atoms with van der Waals surface area (Å²) in [5.74, 6) is 0. The third-order valence-electron chi connectivity index (χ3n) is 5.33. The lowest BCUT2D eigenvalue weighted by Crippen LogP contribution is -2.19. The molecule has 1 aromatic carbocycles. The minimum Gasteiger partial charge on any atom is -0.381 e. The number of nitriles is 1. The van der Waals surface area contributed by atoms with Gasteiger partial charge in [-0.25, -0.2) is 0 Å². The Kier molecular flexibility index (Phi) is 6.63. The molecule has 0 saturated carbocycles. The molecule has 0 aliphatic rings. The molecule has 0 atom stereocenters. The summed E-state index contributed by atoms with van der Waals surface area (Å²) in [4.78, 5) is 41.1. The Morgan fingerprint density at radius 3 is 1.88 bits per heavy atom. The number of aryl methyl sites for hydroxylation is 4. The number of pyridine rings is 2. The molecule has 0 radical (unpaired) electrons. The Morgan fingerprint density at radius 2 is 1.42 bits per heavy atom. The number of benzene rings is 1. The maximum absolute atomic E-state index is 12.3. The van der Waals surface area contributed by atoms with Crippen molar-refractivity contribution in [2.24, 2.45) is 0 Å². The van der Waals surface area contributed by atoms with Gasteiger partial charge in [0.25, 0.3) is 11.1 Å². The normalized spacial score (nSPS) is 10.5. The summed E-state index contributed by atoms with van der Waals surface area (Å²) in [5.41, 5.74) is 3.45. The minimum atomic E-state index is -0.633. The average molecular weight is 448 g/mol. The van der Waals surface area contributed by atoms with Gasteiger partial charge in [0.1, 0.15) is 17.3 Å². The third-order valence-corrected chi connectivity index (χ3v) is 5.33. The number of hydrogen-bond acceptors (Lipinski definition) is 7. The van der Waals surface area contributed by atoms with E-state index in [1.807, 2.05) is 25.1 Å². The van der Waals surface area contributed by atoms with Gasteiger partial charge in [0.2, 0.25) is 0 Å². The second-order valence-electron chi connectivity index (χ2n) is 7.88. The number of nitrogens with zero attached hydrogens (tertiary/aromatic N) is 2. The number of nitro groups is 1.